The summed E-state index contributed by atoms with van der Waals surface area (Å²) in [4.78, 5) is 10.7. The Balaban J connectivity index is 2.14. The average Bonchev–Trinajstić information content (AvgIpc) is 2.93. The van der Waals surface area contributed by atoms with Crippen molar-refractivity contribution < 1.29 is 5.11 Å². The summed E-state index contributed by atoms with van der Waals surface area (Å²) in [7, 11) is 1.83. The van der Waals surface area contributed by atoms with Gasteiger partial charge in [0.15, 0.2) is 5.65 Å². The summed E-state index contributed by atoms with van der Waals surface area (Å²) in [5.41, 5.74) is 6.51. The second-order valence-electron chi connectivity index (χ2n) is 5.12. The number of nitrogens with zero attached hydrogens (tertiary/aromatic N) is 5. The lowest BCUT2D eigenvalue weighted by Gasteiger charge is -2.26. The molecule has 7 heteroatoms. The SMILES string of the molecule is CC1CCN(c2nc(N)nc3c2cnn3C)C1CO. The molecule has 1 saturated heterocycles. The standard InChI is InChI=1S/C12H18N6O/c1-7-3-4-18(9(7)6-19)11-8-5-14-17(2)10(8)15-12(13)16-11/h5,7,9,19H,3-4,6H2,1-2H3,(H2,13,15,16). The summed E-state index contributed by atoms with van der Waals surface area (Å²) < 4.78 is 1.68. The molecule has 2 aromatic rings. The van der Waals surface area contributed by atoms with E-state index in [1.54, 1.807) is 10.9 Å². The summed E-state index contributed by atoms with van der Waals surface area (Å²) in [5, 5.41) is 14.7. The van der Waals surface area contributed by atoms with Crippen LogP contribution in [0.2, 0.25) is 0 Å². The summed E-state index contributed by atoms with van der Waals surface area (Å²) >= 11 is 0. The molecule has 2 aromatic heterocycles. The van der Waals surface area contributed by atoms with Crippen molar-refractivity contribution in [2.75, 3.05) is 23.8 Å². The van der Waals surface area contributed by atoms with Gasteiger partial charge in [-0.3, -0.25) is 4.68 Å². The largest absolute Gasteiger partial charge is 0.394 e. The van der Waals surface area contributed by atoms with Crippen molar-refractivity contribution in [3.8, 4) is 0 Å². The lowest BCUT2D eigenvalue weighted by molar-refractivity contribution is 0.244. The van der Waals surface area contributed by atoms with E-state index in [1.165, 1.54) is 0 Å². The molecule has 0 radical (unpaired) electrons. The minimum absolute atomic E-state index is 0.0812. The van der Waals surface area contributed by atoms with E-state index < -0.39 is 0 Å². The van der Waals surface area contributed by atoms with E-state index >= 15 is 0 Å². The maximum Gasteiger partial charge on any atom is 0.224 e. The predicted molar refractivity (Wildman–Crippen MR) is 72.7 cm³/mol. The zero-order valence-corrected chi connectivity index (χ0v) is 11.1. The number of aryl methyl sites for hydroxylation is 1. The van der Waals surface area contributed by atoms with Crippen LogP contribution in [0.15, 0.2) is 6.20 Å². The van der Waals surface area contributed by atoms with Crippen LogP contribution >= 0.6 is 0 Å². The lowest BCUT2D eigenvalue weighted by Crippen LogP contribution is -2.36. The highest BCUT2D eigenvalue weighted by Gasteiger charge is 2.33. The van der Waals surface area contributed by atoms with E-state index in [9.17, 15) is 5.11 Å². The number of aliphatic hydroxyl groups is 1. The van der Waals surface area contributed by atoms with Crippen LogP contribution in [-0.2, 0) is 7.05 Å². The highest BCUT2D eigenvalue weighted by Crippen LogP contribution is 2.32. The van der Waals surface area contributed by atoms with Crippen LogP contribution < -0.4 is 10.6 Å². The fourth-order valence-electron chi connectivity index (χ4n) is 2.79. The molecule has 0 aromatic carbocycles. The average molecular weight is 262 g/mol. The summed E-state index contributed by atoms with van der Waals surface area (Å²) in [5.74, 6) is 1.45. The molecule has 0 spiro atoms. The Morgan fingerprint density at radius 2 is 2.26 bits per heavy atom. The van der Waals surface area contributed by atoms with Crippen molar-refractivity contribution in [1.29, 1.82) is 0 Å². The molecule has 1 fully saturated rings. The molecule has 1 aliphatic rings. The third kappa shape index (κ3) is 1.81. The summed E-state index contributed by atoms with van der Waals surface area (Å²) in [6, 6.07) is 0.0812. The number of nitrogens with two attached hydrogens (primary N) is 1. The smallest absolute Gasteiger partial charge is 0.224 e. The number of aromatic nitrogens is 4. The van der Waals surface area contributed by atoms with Gasteiger partial charge in [0, 0.05) is 13.6 Å². The first-order valence-electron chi connectivity index (χ1n) is 6.44. The van der Waals surface area contributed by atoms with E-state index in [4.69, 9.17) is 5.73 Å². The number of hydrogen-bond donors (Lipinski definition) is 2. The van der Waals surface area contributed by atoms with E-state index in [2.05, 4.69) is 26.9 Å². The number of fused-ring (bicyclic) bond motifs is 1. The molecule has 102 valence electrons. The van der Waals surface area contributed by atoms with Crippen molar-refractivity contribution in [3.63, 3.8) is 0 Å². The Bertz CT molecular complexity index is 610. The van der Waals surface area contributed by atoms with Crippen LogP contribution in [0.4, 0.5) is 11.8 Å². The molecule has 2 atom stereocenters. The summed E-state index contributed by atoms with van der Waals surface area (Å²) in [6.45, 7) is 3.13. The maximum absolute atomic E-state index is 9.58. The van der Waals surface area contributed by atoms with Crippen LogP contribution in [0.5, 0.6) is 0 Å². The van der Waals surface area contributed by atoms with Crippen molar-refractivity contribution in [2.24, 2.45) is 13.0 Å². The molecule has 2 unspecified atom stereocenters. The zero-order valence-electron chi connectivity index (χ0n) is 11.1. The van der Waals surface area contributed by atoms with Gasteiger partial charge in [-0.25, -0.2) is 0 Å². The number of anilines is 2. The van der Waals surface area contributed by atoms with Gasteiger partial charge in [-0.15, -0.1) is 0 Å². The molecule has 3 N–H and O–H groups in total. The third-order valence-electron chi connectivity index (χ3n) is 3.93. The number of rotatable bonds is 2. The maximum atomic E-state index is 9.58. The monoisotopic (exact) mass is 262 g/mol. The van der Waals surface area contributed by atoms with Crippen molar-refractivity contribution in [1.82, 2.24) is 19.7 Å². The zero-order chi connectivity index (χ0) is 13.6. The highest BCUT2D eigenvalue weighted by atomic mass is 16.3. The fourth-order valence-corrected chi connectivity index (χ4v) is 2.79. The second kappa shape index (κ2) is 4.34. The van der Waals surface area contributed by atoms with Gasteiger partial charge >= 0.3 is 0 Å². The number of hydrogen-bond acceptors (Lipinski definition) is 6. The Kier molecular flexibility index (Phi) is 2.78. The van der Waals surface area contributed by atoms with Crippen LogP contribution in [0.3, 0.4) is 0 Å². The topological polar surface area (TPSA) is 93.1 Å². The van der Waals surface area contributed by atoms with Gasteiger partial charge in [0.2, 0.25) is 5.95 Å². The van der Waals surface area contributed by atoms with Crippen molar-refractivity contribution in [2.45, 2.75) is 19.4 Å². The molecule has 3 heterocycles. The van der Waals surface area contributed by atoms with Gasteiger partial charge < -0.3 is 15.7 Å². The van der Waals surface area contributed by atoms with Crippen molar-refractivity contribution in [3.05, 3.63) is 6.20 Å². The molecule has 19 heavy (non-hydrogen) atoms. The minimum atomic E-state index is 0.0812. The minimum Gasteiger partial charge on any atom is -0.394 e. The first-order valence-corrected chi connectivity index (χ1v) is 6.44. The van der Waals surface area contributed by atoms with E-state index in [0.29, 0.717) is 5.92 Å². The second-order valence-corrected chi connectivity index (χ2v) is 5.12. The van der Waals surface area contributed by atoms with Crippen molar-refractivity contribution >= 4 is 22.8 Å². The Morgan fingerprint density at radius 1 is 1.47 bits per heavy atom. The van der Waals surface area contributed by atoms with Gasteiger partial charge in [0.05, 0.1) is 24.2 Å². The Labute approximate surface area is 111 Å². The molecule has 7 nitrogen and oxygen atoms in total. The van der Waals surface area contributed by atoms with Gasteiger partial charge in [-0.1, -0.05) is 6.92 Å². The van der Waals surface area contributed by atoms with Crippen LogP contribution in [0, 0.1) is 5.92 Å². The molecular weight excluding hydrogens is 244 g/mol. The van der Waals surface area contributed by atoms with E-state index in [1.807, 2.05) is 7.05 Å². The molecule has 3 rings (SSSR count). The van der Waals surface area contributed by atoms with E-state index in [0.717, 1.165) is 29.8 Å². The third-order valence-corrected chi connectivity index (χ3v) is 3.93. The molecule has 0 aliphatic carbocycles. The lowest BCUT2D eigenvalue weighted by atomic mass is 10.0. The predicted octanol–water partition coefficient (Wildman–Crippen LogP) is 0.153. The summed E-state index contributed by atoms with van der Waals surface area (Å²) in [6.07, 6.45) is 2.79. The van der Waals surface area contributed by atoms with Gasteiger partial charge in [-0.05, 0) is 12.3 Å². The Morgan fingerprint density at radius 3 is 3.00 bits per heavy atom. The first kappa shape index (κ1) is 12.2. The molecule has 1 aliphatic heterocycles. The van der Waals surface area contributed by atoms with Crippen LogP contribution in [0.1, 0.15) is 13.3 Å². The van der Waals surface area contributed by atoms with Crippen LogP contribution in [-0.4, -0.2) is 44.0 Å². The van der Waals surface area contributed by atoms with Crippen LogP contribution in [0.25, 0.3) is 11.0 Å². The number of aliphatic hydroxyl groups excluding tert-OH is 1. The van der Waals surface area contributed by atoms with E-state index in [-0.39, 0.29) is 18.6 Å². The first-order chi connectivity index (χ1) is 9.11. The molecular formula is C12H18N6O. The quantitative estimate of drug-likeness (QED) is 0.800. The molecule has 0 saturated carbocycles. The highest BCUT2D eigenvalue weighted by molar-refractivity contribution is 5.88. The van der Waals surface area contributed by atoms with Gasteiger partial charge in [-0.2, -0.15) is 15.1 Å². The van der Waals surface area contributed by atoms with Gasteiger partial charge in [0.1, 0.15) is 5.82 Å². The number of nitrogen functional groups attached to an aromatic ring is 1. The normalized spacial score (nSPS) is 23.4. The molecule has 0 bridgehead atoms. The van der Waals surface area contributed by atoms with Gasteiger partial charge in [0.25, 0.3) is 0 Å². The fraction of sp³-hybridized carbons (Fsp3) is 0.583. The molecule has 0 amide bonds. The Hall–Kier alpha value is -1.89.